The summed E-state index contributed by atoms with van der Waals surface area (Å²) < 4.78 is 27.3. The number of fused-ring (bicyclic) bond motifs is 2. The molecule has 6 aromatic rings. The van der Waals surface area contributed by atoms with Gasteiger partial charge < -0.3 is 4.98 Å². The summed E-state index contributed by atoms with van der Waals surface area (Å²) in [6.45, 7) is 2.13. The number of thiophene rings is 1. The van der Waals surface area contributed by atoms with Crippen LogP contribution in [0.3, 0.4) is 0 Å². The number of carbonyl (C=O) groups is 1. The Bertz CT molecular complexity index is 1910. The van der Waals surface area contributed by atoms with Crippen LogP contribution in [0, 0.1) is 0 Å². The zero-order chi connectivity index (χ0) is 27.4. The van der Waals surface area contributed by atoms with Gasteiger partial charge in [0.05, 0.1) is 17.1 Å². The van der Waals surface area contributed by atoms with E-state index in [4.69, 9.17) is 0 Å². The zero-order valence-electron chi connectivity index (χ0n) is 21.4. The van der Waals surface area contributed by atoms with E-state index in [2.05, 4.69) is 30.1 Å². The third kappa shape index (κ3) is 4.46. The molecule has 0 unspecified atom stereocenters. The van der Waals surface area contributed by atoms with Crippen LogP contribution in [0.2, 0.25) is 0 Å². The molecule has 1 saturated heterocycles. The molecular formula is C29H23F2N7OS. The highest BCUT2D eigenvalue weighted by molar-refractivity contribution is 7.17. The Labute approximate surface area is 231 Å². The number of pyridine rings is 3. The number of alkyl halides is 2. The van der Waals surface area contributed by atoms with Crippen molar-refractivity contribution in [1.82, 2.24) is 35.0 Å². The number of hydrogen-bond donors (Lipinski definition) is 2. The molecule has 6 aromatic heterocycles. The Morgan fingerprint density at radius 1 is 1.05 bits per heavy atom. The van der Waals surface area contributed by atoms with Crippen LogP contribution in [0.5, 0.6) is 0 Å². The van der Waals surface area contributed by atoms with Gasteiger partial charge in [-0.05, 0) is 48.9 Å². The Balaban J connectivity index is 1.24. The summed E-state index contributed by atoms with van der Waals surface area (Å²) in [5.74, 6) is -2.58. The van der Waals surface area contributed by atoms with Crippen molar-refractivity contribution in [2.75, 3.05) is 13.1 Å². The molecule has 0 bridgehead atoms. The molecule has 40 heavy (non-hydrogen) atoms. The first kappa shape index (κ1) is 24.7. The average molecular weight is 556 g/mol. The van der Waals surface area contributed by atoms with Gasteiger partial charge in [-0.2, -0.15) is 5.10 Å². The Morgan fingerprint density at radius 3 is 2.73 bits per heavy atom. The molecule has 7 heterocycles. The van der Waals surface area contributed by atoms with Gasteiger partial charge in [-0.15, -0.1) is 11.3 Å². The molecule has 0 amide bonds. The summed E-state index contributed by atoms with van der Waals surface area (Å²) in [4.78, 5) is 32.1. The third-order valence-corrected chi connectivity index (χ3v) is 8.42. The molecule has 8 nitrogen and oxygen atoms in total. The second-order valence-corrected chi connectivity index (χ2v) is 11.2. The van der Waals surface area contributed by atoms with E-state index >= 15 is 0 Å². The van der Waals surface area contributed by atoms with E-state index in [1.54, 1.807) is 36.6 Å². The number of nitrogens with one attached hydrogen (secondary N) is 2. The number of aromatic amines is 2. The normalized spacial score (nSPS) is 15.4. The predicted octanol–water partition coefficient (Wildman–Crippen LogP) is 6.34. The topological polar surface area (TPSA) is 103 Å². The zero-order valence-corrected chi connectivity index (χ0v) is 22.2. The van der Waals surface area contributed by atoms with Crippen LogP contribution < -0.4 is 0 Å². The molecule has 1 aliphatic rings. The van der Waals surface area contributed by atoms with Crippen LogP contribution in [-0.2, 0) is 6.54 Å². The van der Waals surface area contributed by atoms with Crippen LogP contribution in [0.4, 0.5) is 8.78 Å². The van der Waals surface area contributed by atoms with Crippen molar-refractivity contribution in [3.8, 4) is 33.0 Å². The lowest BCUT2D eigenvalue weighted by Crippen LogP contribution is -2.24. The minimum absolute atomic E-state index is 0.0425. The number of aromatic nitrogens is 6. The molecule has 0 radical (unpaired) electrons. The summed E-state index contributed by atoms with van der Waals surface area (Å²) in [7, 11) is 0. The largest absolute Gasteiger partial charge is 0.338 e. The third-order valence-electron chi connectivity index (χ3n) is 7.20. The number of Topliss-reactive ketones (excluding diaryl/α,β-unsaturated/α-hetero) is 1. The van der Waals surface area contributed by atoms with E-state index in [-0.39, 0.29) is 18.7 Å². The molecule has 0 aromatic carbocycles. The number of ketones is 1. The molecule has 2 N–H and O–H groups in total. The molecule has 1 aliphatic heterocycles. The van der Waals surface area contributed by atoms with Crippen molar-refractivity contribution in [3.63, 3.8) is 0 Å². The Morgan fingerprint density at radius 2 is 1.93 bits per heavy atom. The molecule has 0 spiro atoms. The molecule has 11 heteroatoms. The van der Waals surface area contributed by atoms with Gasteiger partial charge in [0, 0.05) is 76.6 Å². The van der Waals surface area contributed by atoms with Crippen molar-refractivity contribution in [2.24, 2.45) is 0 Å². The summed E-state index contributed by atoms with van der Waals surface area (Å²) in [6, 6.07) is 11.7. The van der Waals surface area contributed by atoms with Gasteiger partial charge >= 0.3 is 0 Å². The number of halogens is 2. The van der Waals surface area contributed by atoms with Crippen LogP contribution >= 0.6 is 11.3 Å². The highest BCUT2D eigenvalue weighted by Crippen LogP contribution is 2.37. The van der Waals surface area contributed by atoms with E-state index in [9.17, 15) is 13.6 Å². The second-order valence-electron chi connectivity index (χ2n) is 10.1. The molecule has 7 rings (SSSR count). The lowest BCUT2D eigenvalue weighted by molar-refractivity contribution is 0.0115. The minimum Gasteiger partial charge on any atom is -0.338 e. The van der Waals surface area contributed by atoms with Crippen LogP contribution in [0.15, 0.2) is 61.2 Å². The fourth-order valence-corrected chi connectivity index (χ4v) is 6.18. The standard InChI is InChI=1S/C29H23F2N7OS/c1-16(39)24-2-3-25(40-24)20-4-6-33-27-21(20)10-23(35-27)26-22-9-19(13-34-28(22)37-36-26)18-8-17(11-32-12-18)14-38-7-5-29(30,31)15-38/h2-4,6,8-13H,5,7,14-15H2,1H3,(H,33,35)(H,34,36,37). The predicted molar refractivity (Wildman–Crippen MR) is 150 cm³/mol. The van der Waals surface area contributed by atoms with Crippen molar-refractivity contribution in [2.45, 2.75) is 25.8 Å². The number of likely N-dealkylation sites (tertiary alicyclic amines) is 1. The first-order valence-corrected chi connectivity index (χ1v) is 13.6. The monoisotopic (exact) mass is 555 g/mol. The quantitative estimate of drug-likeness (QED) is 0.233. The fraction of sp³-hybridized carbons (Fsp3) is 0.207. The van der Waals surface area contributed by atoms with Gasteiger partial charge in [0.25, 0.3) is 5.92 Å². The summed E-state index contributed by atoms with van der Waals surface area (Å²) in [6.07, 6.45) is 6.86. The van der Waals surface area contributed by atoms with Crippen LogP contribution in [-0.4, -0.2) is 59.8 Å². The maximum atomic E-state index is 13.7. The lowest BCUT2D eigenvalue weighted by Gasteiger charge is -2.15. The molecule has 0 atom stereocenters. The van der Waals surface area contributed by atoms with E-state index in [0.717, 1.165) is 49.2 Å². The van der Waals surface area contributed by atoms with Gasteiger partial charge in [0.1, 0.15) is 11.3 Å². The SMILES string of the molecule is CC(=O)c1ccc(-c2ccnc3[nH]c(-c4n[nH]c5ncc(-c6cncc(CN7CCC(F)(F)C7)c6)cc45)cc23)s1. The summed E-state index contributed by atoms with van der Waals surface area (Å²) in [5.41, 5.74) is 6.40. The van der Waals surface area contributed by atoms with Gasteiger partial charge in [0.2, 0.25) is 0 Å². The smallest absolute Gasteiger partial charge is 0.261 e. The highest BCUT2D eigenvalue weighted by Gasteiger charge is 2.37. The first-order valence-electron chi connectivity index (χ1n) is 12.8. The highest BCUT2D eigenvalue weighted by atomic mass is 32.1. The van der Waals surface area contributed by atoms with Gasteiger partial charge in [-0.1, -0.05) is 0 Å². The molecule has 0 aliphatic carbocycles. The number of nitrogens with zero attached hydrogens (tertiary/aromatic N) is 5. The summed E-state index contributed by atoms with van der Waals surface area (Å²) >= 11 is 1.46. The maximum absolute atomic E-state index is 13.7. The first-order chi connectivity index (χ1) is 19.3. The lowest BCUT2D eigenvalue weighted by atomic mass is 10.1. The molecule has 1 fully saturated rings. The molecule has 200 valence electrons. The van der Waals surface area contributed by atoms with Gasteiger partial charge in [-0.3, -0.25) is 19.8 Å². The van der Waals surface area contributed by atoms with Gasteiger partial charge in [-0.25, -0.2) is 18.7 Å². The number of hydrogen-bond acceptors (Lipinski definition) is 7. The van der Waals surface area contributed by atoms with Gasteiger partial charge in [0.15, 0.2) is 11.4 Å². The minimum atomic E-state index is -2.63. The number of carbonyl (C=O) groups excluding carboxylic acids is 1. The number of rotatable bonds is 6. The van der Waals surface area contributed by atoms with E-state index in [1.807, 2.05) is 36.4 Å². The molecular weight excluding hydrogens is 532 g/mol. The Kier molecular flexibility index (Phi) is 5.79. The van der Waals surface area contributed by atoms with E-state index < -0.39 is 5.92 Å². The average Bonchev–Trinajstić information content (AvgIpc) is 3.73. The number of H-pyrrole nitrogens is 2. The van der Waals surface area contributed by atoms with E-state index in [0.29, 0.717) is 29.3 Å². The van der Waals surface area contributed by atoms with Crippen LogP contribution in [0.1, 0.15) is 28.6 Å². The van der Waals surface area contributed by atoms with E-state index in [1.165, 1.54) is 11.3 Å². The summed E-state index contributed by atoms with van der Waals surface area (Å²) in [5, 5.41) is 9.31. The van der Waals surface area contributed by atoms with Crippen LogP contribution in [0.25, 0.3) is 55.0 Å². The van der Waals surface area contributed by atoms with Crippen molar-refractivity contribution in [1.29, 1.82) is 0 Å². The fourth-order valence-electron chi connectivity index (χ4n) is 5.24. The van der Waals surface area contributed by atoms with Crippen molar-refractivity contribution in [3.05, 3.63) is 71.6 Å². The molecule has 0 saturated carbocycles. The van der Waals surface area contributed by atoms with Crippen molar-refractivity contribution >= 4 is 39.2 Å². The Hall–Kier alpha value is -4.35. The maximum Gasteiger partial charge on any atom is 0.261 e. The second kappa shape index (κ2) is 9.39. The van der Waals surface area contributed by atoms with Crippen molar-refractivity contribution < 1.29 is 13.6 Å².